The number of rotatable bonds is 1. The molecule has 4 heteroatoms. The topological polar surface area (TPSA) is 55.8 Å². The van der Waals surface area contributed by atoms with Crippen LogP contribution in [-0.2, 0) is 10.2 Å². The van der Waals surface area contributed by atoms with Crippen LogP contribution in [0.4, 0.5) is 0 Å². The molecular formula is C18H16O4. The van der Waals surface area contributed by atoms with E-state index in [2.05, 4.69) is 0 Å². The number of carboxylic acid groups (broad SMARTS) is 1. The molecule has 1 heterocycles. The zero-order chi connectivity index (χ0) is 15.3. The van der Waals surface area contributed by atoms with Gasteiger partial charge in [0.15, 0.2) is 0 Å². The predicted octanol–water partition coefficient (Wildman–Crippen LogP) is 3.26. The maximum absolute atomic E-state index is 11.5. The van der Waals surface area contributed by atoms with Crippen molar-refractivity contribution in [2.75, 3.05) is 0 Å². The van der Waals surface area contributed by atoms with Gasteiger partial charge >= 0.3 is 12.3 Å². The van der Waals surface area contributed by atoms with Crippen LogP contribution in [-0.4, -0.2) is 17.4 Å². The van der Waals surface area contributed by atoms with Gasteiger partial charge in [0, 0.05) is 16.5 Å². The number of hydrogen-bond donors (Lipinski definition) is 1. The summed E-state index contributed by atoms with van der Waals surface area (Å²) in [5.41, 5.74) is 2.94. The highest BCUT2D eigenvalue weighted by Gasteiger charge is 2.51. The molecule has 1 aliphatic carbocycles. The fourth-order valence-electron chi connectivity index (χ4n) is 3.31. The van der Waals surface area contributed by atoms with Crippen LogP contribution in [0.15, 0.2) is 42.5 Å². The van der Waals surface area contributed by atoms with E-state index in [0.717, 1.165) is 29.5 Å². The Morgan fingerprint density at radius 1 is 1.09 bits per heavy atom. The summed E-state index contributed by atoms with van der Waals surface area (Å²) >= 11 is 0. The van der Waals surface area contributed by atoms with E-state index in [1.165, 1.54) is 0 Å². The Morgan fingerprint density at radius 2 is 1.82 bits per heavy atom. The molecule has 0 saturated heterocycles. The van der Waals surface area contributed by atoms with E-state index >= 15 is 0 Å². The number of fused-ring (bicyclic) bond motifs is 4. The van der Waals surface area contributed by atoms with Crippen LogP contribution in [0, 0.1) is 6.92 Å². The van der Waals surface area contributed by atoms with Crippen LogP contribution in [0.1, 0.15) is 29.5 Å². The fourth-order valence-corrected chi connectivity index (χ4v) is 3.31. The molecule has 1 atom stereocenters. The Balaban J connectivity index is 1.97. The largest absolute Gasteiger partial charge is 0.476 e. The Bertz CT molecular complexity index is 761. The highest BCUT2D eigenvalue weighted by Crippen LogP contribution is 2.59. The van der Waals surface area contributed by atoms with Crippen LogP contribution in [0.5, 0.6) is 11.5 Å². The third kappa shape index (κ3) is 1.80. The van der Waals surface area contributed by atoms with Crippen molar-refractivity contribution in [1.29, 1.82) is 0 Å². The molecule has 0 amide bonds. The number of carbonyl (C=O) groups is 1. The van der Waals surface area contributed by atoms with E-state index in [4.69, 9.17) is 9.47 Å². The first-order chi connectivity index (χ1) is 10.6. The molecule has 0 radical (unpaired) electrons. The second-order valence-corrected chi connectivity index (χ2v) is 5.94. The minimum absolute atomic E-state index is 0.110. The lowest BCUT2D eigenvalue weighted by molar-refractivity contribution is -0.158. The zero-order valence-corrected chi connectivity index (χ0v) is 12.2. The molecule has 1 fully saturated rings. The molecule has 1 spiro atoms. The molecule has 2 aromatic carbocycles. The summed E-state index contributed by atoms with van der Waals surface area (Å²) in [4.78, 5) is 11.5. The van der Waals surface area contributed by atoms with Gasteiger partial charge in [0.25, 0.3) is 0 Å². The van der Waals surface area contributed by atoms with Gasteiger partial charge in [-0.25, -0.2) is 4.79 Å². The Kier molecular flexibility index (Phi) is 2.70. The van der Waals surface area contributed by atoms with E-state index in [1.54, 1.807) is 0 Å². The molecule has 112 valence electrons. The van der Waals surface area contributed by atoms with Crippen molar-refractivity contribution in [3.63, 3.8) is 0 Å². The maximum Gasteiger partial charge on any atom is 0.387 e. The van der Waals surface area contributed by atoms with Crippen molar-refractivity contribution in [3.8, 4) is 11.5 Å². The number of aliphatic carboxylic acids is 1. The SMILES string of the molecule is Cc1cccc2c1OC(C(=O)O)Oc1ccccc1C21CC1. The molecule has 2 aliphatic rings. The van der Waals surface area contributed by atoms with E-state index in [-0.39, 0.29) is 5.41 Å². The van der Waals surface area contributed by atoms with Gasteiger partial charge in [0.1, 0.15) is 11.5 Å². The molecule has 1 saturated carbocycles. The summed E-state index contributed by atoms with van der Waals surface area (Å²) in [6, 6.07) is 13.6. The monoisotopic (exact) mass is 296 g/mol. The average molecular weight is 296 g/mol. The summed E-state index contributed by atoms with van der Waals surface area (Å²) in [6.45, 7) is 1.93. The maximum atomic E-state index is 11.5. The second-order valence-electron chi connectivity index (χ2n) is 5.94. The molecule has 22 heavy (non-hydrogen) atoms. The first-order valence-electron chi connectivity index (χ1n) is 7.37. The van der Waals surface area contributed by atoms with E-state index in [1.807, 2.05) is 49.4 Å². The number of carboxylic acids is 1. The molecule has 2 aromatic rings. The Hall–Kier alpha value is -2.49. The van der Waals surface area contributed by atoms with Gasteiger partial charge < -0.3 is 14.6 Å². The number of aryl methyl sites for hydroxylation is 1. The summed E-state index contributed by atoms with van der Waals surface area (Å²) in [7, 11) is 0. The van der Waals surface area contributed by atoms with Crippen molar-refractivity contribution in [2.45, 2.75) is 31.5 Å². The van der Waals surface area contributed by atoms with Crippen LogP contribution in [0.25, 0.3) is 0 Å². The van der Waals surface area contributed by atoms with E-state index in [0.29, 0.717) is 11.5 Å². The van der Waals surface area contributed by atoms with Crippen molar-refractivity contribution < 1.29 is 19.4 Å². The summed E-state index contributed by atoms with van der Waals surface area (Å²) in [6.07, 6.45) is 0.702. The summed E-state index contributed by atoms with van der Waals surface area (Å²) in [5.74, 6) is 0.109. The standard InChI is InChI=1S/C18H16O4/c1-11-5-4-7-13-15(11)22-17(16(19)20)21-14-8-3-2-6-12(14)18(13)9-10-18/h2-8,17H,9-10H2,1H3,(H,19,20). The third-order valence-electron chi connectivity index (χ3n) is 4.54. The fraction of sp³-hybridized carbons (Fsp3) is 0.278. The first-order valence-corrected chi connectivity index (χ1v) is 7.37. The minimum Gasteiger partial charge on any atom is -0.476 e. The Morgan fingerprint density at radius 3 is 2.55 bits per heavy atom. The first kappa shape index (κ1) is 13.2. The average Bonchev–Trinajstić information content (AvgIpc) is 3.29. The highest BCUT2D eigenvalue weighted by molar-refractivity contribution is 5.73. The molecule has 1 unspecified atom stereocenters. The predicted molar refractivity (Wildman–Crippen MR) is 80.3 cm³/mol. The van der Waals surface area contributed by atoms with Crippen LogP contribution in [0.2, 0.25) is 0 Å². The van der Waals surface area contributed by atoms with Crippen molar-refractivity contribution in [1.82, 2.24) is 0 Å². The number of hydrogen-bond acceptors (Lipinski definition) is 3. The molecule has 4 rings (SSSR count). The lowest BCUT2D eigenvalue weighted by Crippen LogP contribution is -2.36. The van der Waals surface area contributed by atoms with Crippen molar-refractivity contribution in [2.24, 2.45) is 0 Å². The van der Waals surface area contributed by atoms with Crippen LogP contribution in [0.3, 0.4) is 0 Å². The molecule has 1 aliphatic heterocycles. The Labute approximate surface area is 128 Å². The minimum atomic E-state index is -1.34. The molecule has 4 nitrogen and oxygen atoms in total. The normalized spacial score (nSPS) is 20.7. The van der Waals surface area contributed by atoms with Gasteiger partial charge in [-0.1, -0.05) is 36.4 Å². The smallest absolute Gasteiger partial charge is 0.387 e. The number of para-hydroxylation sites is 2. The second kappa shape index (κ2) is 4.50. The van der Waals surface area contributed by atoms with Gasteiger partial charge in [-0.3, -0.25) is 0 Å². The summed E-state index contributed by atoms with van der Waals surface area (Å²) in [5, 5.41) is 9.39. The number of ether oxygens (including phenoxy) is 2. The van der Waals surface area contributed by atoms with Gasteiger partial charge in [-0.05, 0) is 31.4 Å². The number of benzene rings is 2. The summed E-state index contributed by atoms with van der Waals surface area (Å²) < 4.78 is 11.4. The van der Waals surface area contributed by atoms with Crippen molar-refractivity contribution in [3.05, 3.63) is 59.2 Å². The van der Waals surface area contributed by atoms with Gasteiger partial charge in [0.05, 0.1) is 0 Å². The third-order valence-corrected chi connectivity index (χ3v) is 4.54. The lowest BCUT2D eigenvalue weighted by Gasteiger charge is -2.29. The quantitative estimate of drug-likeness (QED) is 0.877. The molecule has 0 bridgehead atoms. The van der Waals surface area contributed by atoms with Gasteiger partial charge in [0.2, 0.25) is 0 Å². The molecule has 0 aromatic heterocycles. The lowest BCUT2D eigenvalue weighted by atomic mass is 9.85. The van der Waals surface area contributed by atoms with E-state index in [9.17, 15) is 9.90 Å². The van der Waals surface area contributed by atoms with Crippen LogP contribution >= 0.6 is 0 Å². The highest BCUT2D eigenvalue weighted by atomic mass is 16.7. The van der Waals surface area contributed by atoms with Crippen LogP contribution < -0.4 is 9.47 Å². The molecule has 1 N–H and O–H groups in total. The van der Waals surface area contributed by atoms with E-state index < -0.39 is 12.3 Å². The van der Waals surface area contributed by atoms with Gasteiger partial charge in [-0.15, -0.1) is 0 Å². The van der Waals surface area contributed by atoms with Gasteiger partial charge in [-0.2, -0.15) is 0 Å². The molecular weight excluding hydrogens is 280 g/mol. The van der Waals surface area contributed by atoms with Crippen molar-refractivity contribution >= 4 is 5.97 Å². The zero-order valence-electron chi connectivity index (χ0n) is 12.2.